The highest BCUT2D eigenvalue weighted by atomic mass is 16.6. The molecule has 0 aromatic rings. The van der Waals surface area contributed by atoms with Crippen LogP contribution in [0.2, 0.25) is 0 Å². The quantitative estimate of drug-likeness (QED) is 0.0261. The van der Waals surface area contributed by atoms with Gasteiger partial charge in [-0.3, -0.25) is 14.4 Å². The van der Waals surface area contributed by atoms with Crippen LogP contribution in [-0.2, 0) is 28.6 Å². The zero-order valence-electron chi connectivity index (χ0n) is 52.5. The van der Waals surface area contributed by atoms with Crippen molar-refractivity contribution in [3.05, 3.63) is 48.6 Å². The highest BCUT2D eigenvalue weighted by Gasteiger charge is 2.19. The maximum atomic E-state index is 12.9. The Kier molecular flexibility index (Phi) is 64.6. The van der Waals surface area contributed by atoms with Crippen LogP contribution in [0.5, 0.6) is 0 Å². The van der Waals surface area contributed by atoms with Crippen LogP contribution >= 0.6 is 0 Å². The van der Waals surface area contributed by atoms with Crippen LogP contribution in [0.4, 0.5) is 0 Å². The van der Waals surface area contributed by atoms with E-state index >= 15 is 0 Å². The molecule has 0 N–H and O–H groups in total. The maximum absolute atomic E-state index is 12.9. The number of hydrogen-bond acceptors (Lipinski definition) is 6. The Hall–Kier alpha value is -2.63. The lowest BCUT2D eigenvalue weighted by molar-refractivity contribution is -0.167. The van der Waals surface area contributed by atoms with Crippen molar-refractivity contribution in [3.8, 4) is 0 Å². The summed E-state index contributed by atoms with van der Waals surface area (Å²) < 4.78 is 17.0. The van der Waals surface area contributed by atoms with Crippen molar-refractivity contribution in [3.63, 3.8) is 0 Å². The van der Waals surface area contributed by atoms with Crippen LogP contribution < -0.4 is 0 Å². The summed E-state index contributed by atoms with van der Waals surface area (Å²) in [5.74, 6) is -0.871. The minimum absolute atomic E-state index is 0.0756. The third-order valence-corrected chi connectivity index (χ3v) is 15.6. The summed E-state index contributed by atoms with van der Waals surface area (Å²) in [5, 5.41) is 0. The zero-order chi connectivity index (χ0) is 56.4. The maximum Gasteiger partial charge on any atom is 0.306 e. The van der Waals surface area contributed by atoms with Gasteiger partial charge in [-0.1, -0.05) is 326 Å². The lowest BCUT2D eigenvalue weighted by atomic mass is 10.0. The first-order valence-corrected chi connectivity index (χ1v) is 34.6. The number of carbonyl (C=O) groups excluding carboxylic acids is 3. The van der Waals surface area contributed by atoms with Gasteiger partial charge >= 0.3 is 17.9 Å². The van der Waals surface area contributed by atoms with E-state index in [4.69, 9.17) is 14.2 Å². The first kappa shape index (κ1) is 75.4. The molecule has 0 amide bonds. The molecule has 0 spiro atoms. The van der Waals surface area contributed by atoms with E-state index in [1.54, 1.807) is 0 Å². The highest BCUT2D eigenvalue weighted by molar-refractivity contribution is 5.71. The monoisotopic (exact) mass is 1090 g/mol. The fourth-order valence-electron chi connectivity index (χ4n) is 10.3. The van der Waals surface area contributed by atoms with E-state index in [1.807, 2.05) is 0 Å². The summed E-state index contributed by atoms with van der Waals surface area (Å²) in [4.78, 5) is 38.4. The Morgan fingerprint density at radius 2 is 0.474 bits per heavy atom. The normalized spacial score (nSPS) is 12.3. The van der Waals surface area contributed by atoms with Crippen molar-refractivity contribution in [2.24, 2.45) is 0 Å². The highest BCUT2D eigenvalue weighted by Crippen LogP contribution is 2.18. The van der Waals surface area contributed by atoms with Gasteiger partial charge in [0.2, 0.25) is 0 Å². The number of esters is 3. The van der Waals surface area contributed by atoms with Gasteiger partial charge in [0.15, 0.2) is 6.10 Å². The molecule has 6 heteroatoms. The van der Waals surface area contributed by atoms with E-state index in [2.05, 4.69) is 69.4 Å². The smallest absolute Gasteiger partial charge is 0.306 e. The van der Waals surface area contributed by atoms with Crippen LogP contribution in [0.25, 0.3) is 0 Å². The molecule has 0 aliphatic heterocycles. The molecule has 1 atom stereocenters. The standard InChI is InChI=1S/C72H132O6/c1-4-7-10-13-16-19-22-25-28-30-32-33-34-35-36-37-38-39-41-42-44-47-50-53-56-59-62-65-71(74)77-68-69(67-76-70(73)64-61-58-55-52-49-46-27-24-21-18-15-12-9-6-3)78-72(75)66-63-60-57-54-51-48-45-43-40-31-29-26-23-20-17-14-11-8-5-2/h15,17-18,20,24,26-27,29,69H,4-14,16,19,21-23,25,28,30-68H2,1-3H3/b18-15-,20-17-,27-24-,29-26-. The van der Waals surface area contributed by atoms with Gasteiger partial charge in [-0.05, 0) is 77.0 Å². The molecule has 0 aliphatic rings. The molecule has 0 bridgehead atoms. The van der Waals surface area contributed by atoms with Gasteiger partial charge in [-0.25, -0.2) is 0 Å². The van der Waals surface area contributed by atoms with Crippen LogP contribution in [-0.4, -0.2) is 37.2 Å². The van der Waals surface area contributed by atoms with Crippen molar-refractivity contribution >= 4 is 17.9 Å². The molecule has 0 saturated carbocycles. The topological polar surface area (TPSA) is 78.9 Å². The summed E-state index contributed by atoms with van der Waals surface area (Å²) in [7, 11) is 0. The van der Waals surface area contributed by atoms with Crippen LogP contribution in [0.1, 0.15) is 374 Å². The summed E-state index contributed by atoms with van der Waals surface area (Å²) in [5.41, 5.74) is 0. The fraction of sp³-hybridized carbons (Fsp3) is 0.847. The second-order valence-electron chi connectivity index (χ2n) is 23.4. The van der Waals surface area contributed by atoms with Crippen molar-refractivity contribution in [1.29, 1.82) is 0 Å². The molecule has 6 nitrogen and oxygen atoms in total. The van der Waals surface area contributed by atoms with Gasteiger partial charge < -0.3 is 14.2 Å². The van der Waals surface area contributed by atoms with Crippen LogP contribution in [0.3, 0.4) is 0 Å². The van der Waals surface area contributed by atoms with Gasteiger partial charge in [0.25, 0.3) is 0 Å². The number of hydrogen-bond donors (Lipinski definition) is 0. The van der Waals surface area contributed by atoms with Crippen molar-refractivity contribution in [2.75, 3.05) is 13.2 Å². The Morgan fingerprint density at radius 3 is 0.769 bits per heavy atom. The van der Waals surface area contributed by atoms with E-state index in [0.717, 1.165) is 83.5 Å². The van der Waals surface area contributed by atoms with Crippen LogP contribution in [0, 0.1) is 0 Å². The van der Waals surface area contributed by atoms with Gasteiger partial charge in [0.05, 0.1) is 0 Å². The average molecular weight is 1090 g/mol. The zero-order valence-corrected chi connectivity index (χ0v) is 52.5. The van der Waals surface area contributed by atoms with Crippen molar-refractivity contribution in [1.82, 2.24) is 0 Å². The summed E-state index contributed by atoms with van der Waals surface area (Å²) >= 11 is 0. The molecular formula is C72H132O6. The minimum atomic E-state index is -0.781. The summed E-state index contributed by atoms with van der Waals surface area (Å²) in [6.45, 7) is 6.62. The number of unbranched alkanes of at least 4 members (excludes halogenated alkanes) is 45. The van der Waals surface area contributed by atoms with Crippen molar-refractivity contribution in [2.45, 2.75) is 380 Å². The number of ether oxygens (including phenoxy) is 3. The summed E-state index contributed by atoms with van der Waals surface area (Å²) in [6, 6.07) is 0. The van der Waals surface area contributed by atoms with Crippen LogP contribution in [0.15, 0.2) is 48.6 Å². The first-order valence-electron chi connectivity index (χ1n) is 34.6. The molecule has 78 heavy (non-hydrogen) atoms. The minimum Gasteiger partial charge on any atom is -0.462 e. The Morgan fingerprint density at radius 1 is 0.256 bits per heavy atom. The SMILES string of the molecule is CCCC/C=C\C/C=C\CCCCCCCC(=O)OCC(COC(=O)CCCCCCCCCCCCCCCCCCCCCCCCCCCCC)OC(=O)CCCCCCCCCCC/C=C\C/C=C\CCCCC. The predicted octanol–water partition coefficient (Wildman–Crippen LogP) is 23.7. The molecule has 0 fully saturated rings. The van der Waals surface area contributed by atoms with E-state index in [1.165, 1.54) is 250 Å². The Balaban J connectivity index is 4.23. The number of carbonyl (C=O) groups is 3. The van der Waals surface area contributed by atoms with Gasteiger partial charge in [0, 0.05) is 19.3 Å². The van der Waals surface area contributed by atoms with Gasteiger partial charge in [-0.15, -0.1) is 0 Å². The van der Waals surface area contributed by atoms with E-state index in [9.17, 15) is 14.4 Å². The molecule has 0 rings (SSSR count). The van der Waals surface area contributed by atoms with Gasteiger partial charge in [0.1, 0.15) is 13.2 Å². The van der Waals surface area contributed by atoms with Gasteiger partial charge in [-0.2, -0.15) is 0 Å². The average Bonchev–Trinajstić information content (AvgIpc) is 3.44. The second-order valence-corrected chi connectivity index (χ2v) is 23.4. The second kappa shape index (κ2) is 66.9. The number of allylic oxidation sites excluding steroid dienone is 8. The lowest BCUT2D eigenvalue weighted by Gasteiger charge is -2.18. The summed E-state index contributed by atoms with van der Waals surface area (Å²) in [6.07, 6.45) is 84.2. The predicted molar refractivity (Wildman–Crippen MR) is 339 cm³/mol. The third kappa shape index (κ3) is 64.2. The molecule has 0 radical (unpaired) electrons. The molecule has 456 valence electrons. The number of rotatable bonds is 64. The molecule has 0 aliphatic carbocycles. The molecule has 0 heterocycles. The van der Waals surface area contributed by atoms with E-state index in [0.29, 0.717) is 19.3 Å². The van der Waals surface area contributed by atoms with E-state index < -0.39 is 6.10 Å². The molecule has 0 saturated heterocycles. The van der Waals surface area contributed by atoms with E-state index in [-0.39, 0.29) is 31.1 Å². The fourth-order valence-corrected chi connectivity index (χ4v) is 10.3. The molecule has 1 unspecified atom stereocenters. The molecule has 0 aromatic heterocycles. The largest absolute Gasteiger partial charge is 0.462 e. The molecule has 0 aromatic carbocycles. The van der Waals surface area contributed by atoms with Crippen molar-refractivity contribution < 1.29 is 28.6 Å². The lowest BCUT2D eigenvalue weighted by Crippen LogP contribution is -2.30. The first-order chi connectivity index (χ1) is 38.5. The molecular weight excluding hydrogens is 961 g/mol. The third-order valence-electron chi connectivity index (χ3n) is 15.6. The Bertz CT molecular complexity index is 1350. The Labute approximate surface area is 486 Å².